The number of hydrogen-bond donors (Lipinski definition) is 1. The van der Waals surface area contributed by atoms with Gasteiger partial charge in [-0.05, 0) is 23.9 Å². The van der Waals surface area contributed by atoms with E-state index in [4.69, 9.17) is 0 Å². The van der Waals surface area contributed by atoms with Gasteiger partial charge in [-0.1, -0.05) is 6.07 Å². The molecule has 0 aromatic carbocycles. The lowest BCUT2D eigenvalue weighted by atomic mass is 10.5. The smallest absolute Gasteiger partial charge is 0.189 e. The van der Waals surface area contributed by atoms with Gasteiger partial charge in [0.15, 0.2) is 5.16 Å². The van der Waals surface area contributed by atoms with E-state index in [1.807, 2.05) is 35.0 Å². The van der Waals surface area contributed by atoms with E-state index >= 15 is 0 Å². The first-order valence-corrected chi connectivity index (χ1v) is 5.20. The lowest BCUT2D eigenvalue weighted by Gasteiger charge is -1.97. The van der Waals surface area contributed by atoms with Gasteiger partial charge in [0.05, 0.1) is 6.20 Å². The molecule has 0 aliphatic heterocycles. The minimum Gasteiger partial charge on any atom is -0.294 e. The van der Waals surface area contributed by atoms with E-state index < -0.39 is 0 Å². The maximum Gasteiger partial charge on any atom is 0.189 e. The van der Waals surface area contributed by atoms with Gasteiger partial charge in [0.2, 0.25) is 0 Å². The zero-order valence-electron chi connectivity index (χ0n) is 7.66. The Bertz CT molecular complexity index is 571. The summed E-state index contributed by atoms with van der Waals surface area (Å²) in [4.78, 5) is 8.33. The number of nitrogens with one attached hydrogen (secondary N) is 1. The van der Waals surface area contributed by atoms with Crippen LogP contribution < -0.4 is 0 Å². The third-order valence-electron chi connectivity index (χ3n) is 1.98. The van der Waals surface area contributed by atoms with E-state index in [0.29, 0.717) is 0 Å². The molecule has 0 amide bonds. The first-order valence-electron chi connectivity index (χ1n) is 4.39. The third kappa shape index (κ3) is 1.48. The van der Waals surface area contributed by atoms with Crippen molar-refractivity contribution in [1.29, 1.82) is 0 Å². The summed E-state index contributed by atoms with van der Waals surface area (Å²) >= 11 is 1.50. The highest BCUT2D eigenvalue weighted by molar-refractivity contribution is 7.99. The monoisotopic (exact) mass is 217 g/mol. The molecule has 0 fully saturated rings. The standard InChI is InChI=1S/C9H7N5S/c1-2-4-14-7(3-1)10-5-8(14)15-9-11-6-12-13-9/h1-6H,(H,11,12,13). The predicted molar refractivity (Wildman–Crippen MR) is 55.7 cm³/mol. The topological polar surface area (TPSA) is 58.9 Å². The molecule has 3 aromatic rings. The molecule has 74 valence electrons. The number of hydrogen-bond acceptors (Lipinski definition) is 4. The average molecular weight is 217 g/mol. The van der Waals surface area contributed by atoms with Gasteiger partial charge >= 0.3 is 0 Å². The van der Waals surface area contributed by atoms with Crippen molar-refractivity contribution in [1.82, 2.24) is 24.6 Å². The summed E-state index contributed by atoms with van der Waals surface area (Å²) < 4.78 is 2.01. The highest BCUT2D eigenvalue weighted by Gasteiger charge is 2.05. The number of fused-ring (bicyclic) bond motifs is 1. The van der Waals surface area contributed by atoms with Crippen LogP contribution in [0.25, 0.3) is 5.65 Å². The van der Waals surface area contributed by atoms with Crippen molar-refractivity contribution in [3.05, 3.63) is 36.9 Å². The lowest BCUT2D eigenvalue weighted by molar-refractivity contribution is 0.961. The van der Waals surface area contributed by atoms with Crippen LogP contribution in [0.4, 0.5) is 0 Å². The predicted octanol–water partition coefficient (Wildman–Crippen LogP) is 1.60. The Kier molecular flexibility index (Phi) is 1.92. The van der Waals surface area contributed by atoms with Crippen LogP contribution in [0.5, 0.6) is 0 Å². The quantitative estimate of drug-likeness (QED) is 0.708. The van der Waals surface area contributed by atoms with Crippen molar-refractivity contribution in [2.75, 3.05) is 0 Å². The highest BCUT2D eigenvalue weighted by Crippen LogP contribution is 2.24. The van der Waals surface area contributed by atoms with Crippen LogP contribution in [-0.4, -0.2) is 24.6 Å². The number of pyridine rings is 1. The lowest BCUT2D eigenvalue weighted by Crippen LogP contribution is -1.85. The molecule has 0 aliphatic carbocycles. The van der Waals surface area contributed by atoms with Crippen molar-refractivity contribution >= 4 is 17.4 Å². The molecule has 5 nitrogen and oxygen atoms in total. The second-order valence-corrected chi connectivity index (χ2v) is 3.93. The van der Waals surface area contributed by atoms with Crippen LogP contribution in [0.1, 0.15) is 0 Å². The number of rotatable bonds is 2. The fourth-order valence-corrected chi connectivity index (χ4v) is 2.08. The summed E-state index contributed by atoms with van der Waals surface area (Å²) in [6.07, 6.45) is 5.29. The van der Waals surface area contributed by atoms with Gasteiger partial charge in [-0.25, -0.2) is 9.97 Å². The maximum atomic E-state index is 4.28. The molecular formula is C9H7N5S. The van der Waals surface area contributed by atoms with Gasteiger partial charge < -0.3 is 0 Å². The molecule has 3 rings (SSSR count). The first-order chi connectivity index (χ1) is 7.43. The van der Waals surface area contributed by atoms with Crippen molar-refractivity contribution in [2.24, 2.45) is 0 Å². The summed E-state index contributed by atoms with van der Waals surface area (Å²) in [7, 11) is 0. The molecule has 0 spiro atoms. The van der Waals surface area contributed by atoms with Gasteiger partial charge in [0.25, 0.3) is 0 Å². The molecule has 0 radical (unpaired) electrons. The number of aromatic nitrogens is 5. The Morgan fingerprint density at radius 1 is 1.27 bits per heavy atom. The molecule has 0 unspecified atom stereocenters. The second kappa shape index (κ2) is 3.39. The second-order valence-electron chi connectivity index (χ2n) is 2.92. The number of aromatic amines is 1. The molecule has 0 atom stereocenters. The van der Waals surface area contributed by atoms with Crippen LogP contribution in [0.15, 0.2) is 47.1 Å². The molecule has 0 bridgehead atoms. The number of imidazole rings is 1. The van der Waals surface area contributed by atoms with Gasteiger partial charge in [-0.3, -0.25) is 9.50 Å². The summed E-state index contributed by atoms with van der Waals surface area (Å²) in [6, 6.07) is 5.90. The van der Waals surface area contributed by atoms with E-state index in [9.17, 15) is 0 Å². The Hall–Kier alpha value is -1.82. The van der Waals surface area contributed by atoms with E-state index in [1.165, 1.54) is 18.1 Å². The molecule has 15 heavy (non-hydrogen) atoms. The normalized spacial score (nSPS) is 10.9. The molecular weight excluding hydrogens is 210 g/mol. The van der Waals surface area contributed by atoms with Crippen LogP contribution in [0.2, 0.25) is 0 Å². The molecule has 3 heterocycles. The van der Waals surface area contributed by atoms with Crippen LogP contribution in [0.3, 0.4) is 0 Å². The maximum absolute atomic E-state index is 4.28. The Balaban J connectivity index is 2.05. The molecule has 0 aliphatic rings. The first kappa shape index (κ1) is 8.49. The highest BCUT2D eigenvalue weighted by atomic mass is 32.2. The Morgan fingerprint density at radius 3 is 3.13 bits per heavy atom. The molecule has 3 aromatic heterocycles. The van der Waals surface area contributed by atoms with Crippen molar-refractivity contribution in [3.63, 3.8) is 0 Å². The summed E-state index contributed by atoms with van der Waals surface area (Å²) in [5, 5.41) is 8.38. The summed E-state index contributed by atoms with van der Waals surface area (Å²) in [5.74, 6) is 0. The Morgan fingerprint density at radius 2 is 2.27 bits per heavy atom. The zero-order valence-corrected chi connectivity index (χ0v) is 8.48. The summed E-state index contributed by atoms with van der Waals surface area (Å²) in [5.41, 5.74) is 0.930. The molecule has 0 saturated carbocycles. The van der Waals surface area contributed by atoms with Crippen LogP contribution in [0, 0.1) is 0 Å². The van der Waals surface area contributed by atoms with Crippen LogP contribution >= 0.6 is 11.8 Å². The van der Waals surface area contributed by atoms with Crippen molar-refractivity contribution in [2.45, 2.75) is 10.2 Å². The van der Waals surface area contributed by atoms with E-state index in [-0.39, 0.29) is 0 Å². The van der Waals surface area contributed by atoms with Gasteiger partial charge in [-0.2, -0.15) is 5.10 Å². The molecule has 6 heteroatoms. The fourth-order valence-electron chi connectivity index (χ4n) is 1.33. The van der Waals surface area contributed by atoms with Gasteiger partial charge in [0.1, 0.15) is 17.0 Å². The number of H-pyrrole nitrogens is 1. The molecule has 0 saturated heterocycles. The minimum absolute atomic E-state index is 0.764. The van der Waals surface area contributed by atoms with Gasteiger partial charge in [0, 0.05) is 6.20 Å². The fraction of sp³-hybridized carbons (Fsp3) is 0. The molecule has 1 N–H and O–H groups in total. The SMILES string of the molecule is c1ccn2c(Sc3ncn[nH]3)cnc2c1. The van der Waals surface area contributed by atoms with E-state index in [1.54, 1.807) is 0 Å². The van der Waals surface area contributed by atoms with Gasteiger partial charge in [-0.15, -0.1) is 0 Å². The zero-order chi connectivity index (χ0) is 10.1. The minimum atomic E-state index is 0.764. The van der Waals surface area contributed by atoms with Crippen molar-refractivity contribution < 1.29 is 0 Å². The van der Waals surface area contributed by atoms with Crippen molar-refractivity contribution in [3.8, 4) is 0 Å². The average Bonchev–Trinajstić information content (AvgIpc) is 2.89. The number of nitrogens with zero attached hydrogens (tertiary/aromatic N) is 4. The van der Waals surface area contributed by atoms with E-state index in [0.717, 1.165) is 15.8 Å². The third-order valence-corrected chi connectivity index (χ3v) is 2.88. The summed E-state index contributed by atoms with van der Waals surface area (Å²) in [6.45, 7) is 0. The largest absolute Gasteiger partial charge is 0.294 e. The van der Waals surface area contributed by atoms with E-state index in [2.05, 4.69) is 20.2 Å². The van der Waals surface area contributed by atoms with Crippen LogP contribution in [-0.2, 0) is 0 Å². The Labute approximate surface area is 89.6 Å².